The molecule has 0 saturated carbocycles. The monoisotopic (exact) mass is 263 g/mol. The highest BCUT2D eigenvalue weighted by molar-refractivity contribution is 5.97. The average molecular weight is 263 g/mol. The van der Waals surface area contributed by atoms with Crippen molar-refractivity contribution in [1.82, 2.24) is 4.90 Å². The standard InChI is InChI=1S/C16H25NO2/c1-13(2)11-17(8-9-19-4)12-16(18)15-7-5-6-14(3)10-15/h5-7,10,13H,8-9,11-12H2,1-4H3. The molecule has 1 aromatic carbocycles. The number of aryl methyl sites for hydroxylation is 1. The SMILES string of the molecule is COCCN(CC(=O)c1cccc(C)c1)CC(C)C. The lowest BCUT2D eigenvalue weighted by Crippen LogP contribution is -2.35. The molecule has 0 aliphatic heterocycles. The third kappa shape index (κ3) is 5.99. The Morgan fingerprint density at radius 1 is 1.37 bits per heavy atom. The van der Waals surface area contributed by atoms with Crippen molar-refractivity contribution in [1.29, 1.82) is 0 Å². The zero-order chi connectivity index (χ0) is 14.3. The first-order valence-electron chi connectivity index (χ1n) is 6.84. The molecule has 106 valence electrons. The van der Waals surface area contributed by atoms with Crippen molar-refractivity contribution in [3.05, 3.63) is 35.4 Å². The number of ketones is 1. The van der Waals surface area contributed by atoms with E-state index in [9.17, 15) is 4.79 Å². The molecule has 3 nitrogen and oxygen atoms in total. The van der Waals surface area contributed by atoms with Crippen LogP contribution in [0.25, 0.3) is 0 Å². The number of rotatable bonds is 8. The van der Waals surface area contributed by atoms with Crippen LogP contribution in [0.15, 0.2) is 24.3 Å². The number of Topliss-reactive ketones (excluding diaryl/α,β-unsaturated/α-hetero) is 1. The number of methoxy groups -OCH3 is 1. The summed E-state index contributed by atoms with van der Waals surface area (Å²) in [5.41, 5.74) is 1.92. The Morgan fingerprint density at radius 3 is 2.68 bits per heavy atom. The summed E-state index contributed by atoms with van der Waals surface area (Å²) in [5, 5.41) is 0. The van der Waals surface area contributed by atoms with Gasteiger partial charge in [-0.3, -0.25) is 9.69 Å². The van der Waals surface area contributed by atoms with Gasteiger partial charge >= 0.3 is 0 Å². The highest BCUT2D eigenvalue weighted by atomic mass is 16.5. The first kappa shape index (κ1) is 15.9. The van der Waals surface area contributed by atoms with E-state index >= 15 is 0 Å². The summed E-state index contributed by atoms with van der Waals surface area (Å²) in [7, 11) is 1.69. The van der Waals surface area contributed by atoms with E-state index in [0.29, 0.717) is 19.1 Å². The van der Waals surface area contributed by atoms with Crippen LogP contribution in [0.5, 0.6) is 0 Å². The van der Waals surface area contributed by atoms with Crippen LogP contribution in [0.3, 0.4) is 0 Å². The fourth-order valence-corrected chi connectivity index (χ4v) is 2.08. The molecule has 0 spiro atoms. The average Bonchev–Trinajstić information content (AvgIpc) is 2.35. The molecule has 0 N–H and O–H groups in total. The fourth-order valence-electron chi connectivity index (χ4n) is 2.08. The molecule has 19 heavy (non-hydrogen) atoms. The number of carbonyl (C=O) groups is 1. The van der Waals surface area contributed by atoms with Gasteiger partial charge in [-0.1, -0.05) is 37.6 Å². The van der Waals surface area contributed by atoms with E-state index in [-0.39, 0.29) is 5.78 Å². The normalized spacial score (nSPS) is 11.3. The topological polar surface area (TPSA) is 29.5 Å². The number of benzene rings is 1. The van der Waals surface area contributed by atoms with Gasteiger partial charge in [0.1, 0.15) is 0 Å². The molecular formula is C16H25NO2. The number of nitrogens with zero attached hydrogens (tertiary/aromatic N) is 1. The van der Waals surface area contributed by atoms with Crippen LogP contribution < -0.4 is 0 Å². The first-order chi connectivity index (χ1) is 9.02. The summed E-state index contributed by atoms with van der Waals surface area (Å²) in [5.74, 6) is 0.725. The van der Waals surface area contributed by atoms with Crippen LogP contribution in [-0.2, 0) is 4.74 Å². The molecule has 0 amide bonds. The van der Waals surface area contributed by atoms with Crippen LogP contribution in [0.4, 0.5) is 0 Å². The molecule has 0 aliphatic rings. The quantitative estimate of drug-likeness (QED) is 0.675. The molecule has 0 atom stereocenters. The summed E-state index contributed by atoms with van der Waals surface area (Å²) in [4.78, 5) is 14.4. The minimum Gasteiger partial charge on any atom is -0.383 e. The zero-order valence-corrected chi connectivity index (χ0v) is 12.5. The summed E-state index contributed by atoms with van der Waals surface area (Å²) in [6.07, 6.45) is 0. The lowest BCUT2D eigenvalue weighted by atomic mass is 10.1. The van der Waals surface area contributed by atoms with E-state index in [4.69, 9.17) is 4.74 Å². The lowest BCUT2D eigenvalue weighted by Gasteiger charge is -2.23. The number of hydrogen-bond donors (Lipinski definition) is 0. The van der Waals surface area contributed by atoms with Gasteiger partial charge in [-0.05, 0) is 18.9 Å². The molecule has 1 aromatic rings. The van der Waals surface area contributed by atoms with Crippen molar-refractivity contribution < 1.29 is 9.53 Å². The minimum atomic E-state index is 0.181. The second-order valence-corrected chi connectivity index (χ2v) is 5.41. The highest BCUT2D eigenvalue weighted by Crippen LogP contribution is 2.07. The van der Waals surface area contributed by atoms with Gasteiger partial charge in [-0.25, -0.2) is 0 Å². The Balaban J connectivity index is 2.64. The molecule has 0 bridgehead atoms. The van der Waals surface area contributed by atoms with Gasteiger partial charge in [-0.15, -0.1) is 0 Å². The van der Waals surface area contributed by atoms with Crippen molar-refractivity contribution >= 4 is 5.78 Å². The summed E-state index contributed by atoms with van der Waals surface area (Å²) in [6.45, 7) is 9.17. The molecule has 0 unspecified atom stereocenters. The Morgan fingerprint density at radius 2 is 2.11 bits per heavy atom. The number of ether oxygens (including phenoxy) is 1. The summed E-state index contributed by atoms with van der Waals surface area (Å²) in [6, 6.07) is 7.78. The molecule has 0 saturated heterocycles. The van der Waals surface area contributed by atoms with Gasteiger partial charge in [0.05, 0.1) is 13.2 Å². The molecule has 3 heteroatoms. The minimum absolute atomic E-state index is 0.181. The Kier molecular flexibility index (Phi) is 6.74. The van der Waals surface area contributed by atoms with Crippen LogP contribution >= 0.6 is 0 Å². The van der Waals surface area contributed by atoms with E-state index in [1.165, 1.54) is 0 Å². The van der Waals surface area contributed by atoms with Gasteiger partial charge in [0, 0.05) is 25.8 Å². The van der Waals surface area contributed by atoms with E-state index in [0.717, 1.165) is 24.2 Å². The van der Waals surface area contributed by atoms with Crippen molar-refractivity contribution in [2.24, 2.45) is 5.92 Å². The van der Waals surface area contributed by atoms with Gasteiger partial charge in [-0.2, -0.15) is 0 Å². The van der Waals surface area contributed by atoms with Crippen molar-refractivity contribution in [2.45, 2.75) is 20.8 Å². The lowest BCUT2D eigenvalue weighted by molar-refractivity contribution is 0.0881. The number of hydrogen-bond acceptors (Lipinski definition) is 3. The number of carbonyl (C=O) groups excluding carboxylic acids is 1. The van der Waals surface area contributed by atoms with Crippen molar-refractivity contribution in [3.63, 3.8) is 0 Å². The Bertz CT molecular complexity index is 401. The predicted molar refractivity (Wildman–Crippen MR) is 78.7 cm³/mol. The van der Waals surface area contributed by atoms with Crippen molar-refractivity contribution in [3.8, 4) is 0 Å². The van der Waals surface area contributed by atoms with Crippen LogP contribution in [0.2, 0.25) is 0 Å². The first-order valence-corrected chi connectivity index (χ1v) is 6.84. The Labute approximate surface area is 116 Å². The van der Waals surface area contributed by atoms with E-state index in [1.807, 2.05) is 31.2 Å². The predicted octanol–water partition coefficient (Wildman–Crippen LogP) is 2.78. The van der Waals surface area contributed by atoms with Gasteiger partial charge in [0.25, 0.3) is 0 Å². The molecule has 0 fully saturated rings. The fraction of sp³-hybridized carbons (Fsp3) is 0.562. The maximum absolute atomic E-state index is 12.3. The van der Waals surface area contributed by atoms with Crippen LogP contribution in [0.1, 0.15) is 29.8 Å². The summed E-state index contributed by atoms with van der Waals surface area (Å²) >= 11 is 0. The van der Waals surface area contributed by atoms with E-state index in [2.05, 4.69) is 18.7 Å². The second kappa shape index (κ2) is 8.08. The molecule has 0 aromatic heterocycles. The third-order valence-corrected chi connectivity index (χ3v) is 2.94. The van der Waals surface area contributed by atoms with E-state index < -0.39 is 0 Å². The Hall–Kier alpha value is -1.19. The maximum atomic E-state index is 12.3. The van der Waals surface area contributed by atoms with Gasteiger partial charge < -0.3 is 4.74 Å². The largest absolute Gasteiger partial charge is 0.383 e. The van der Waals surface area contributed by atoms with Gasteiger partial charge in [0.15, 0.2) is 5.78 Å². The summed E-state index contributed by atoms with van der Waals surface area (Å²) < 4.78 is 5.11. The van der Waals surface area contributed by atoms with E-state index in [1.54, 1.807) is 7.11 Å². The van der Waals surface area contributed by atoms with Crippen LogP contribution in [-0.4, -0.2) is 44.0 Å². The third-order valence-electron chi connectivity index (χ3n) is 2.94. The zero-order valence-electron chi connectivity index (χ0n) is 12.5. The molecule has 0 aliphatic carbocycles. The smallest absolute Gasteiger partial charge is 0.176 e. The molecule has 0 heterocycles. The second-order valence-electron chi connectivity index (χ2n) is 5.41. The van der Waals surface area contributed by atoms with Crippen LogP contribution in [0, 0.1) is 12.8 Å². The molecule has 1 rings (SSSR count). The van der Waals surface area contributed by atoms with Gasteiger partial charge in [0.2, 0.25) is 0 Å². The highest BCUT2D eigenvalue weighted by Gasteiger charge is 2.13. The van der Waals surface area contributed by atoms with Crippen molar-refractivity contribution in [2.75, 3.05) is 33.4 Å². The maximum Gasteiger partial charge on any atom is 0.176 e. The molecule has 0 radical (unpaired) electrons. The molecular weight excluding hydrogens is 238 g/mol.